The molecule has 2 nitrogen and oxygen atoms in total. The minimum absolute atomic E-state index is 0.0811. The highest BCUT2D eigenvalue weighted by Gasteiger charge is 2.25. The third-order valence-electron chi connectivity index (χ3n) is 4.27. The first-order chi connectivity index (χ1) is 9.58. The van der Waals surface area contributed by atoms with Gasteiger partial charge in [0.05, 0.1) is 0 Å². The topological polar surface area (TPSA) is 15.3 Å². The van der Waals surface area contributed by atoms with Crippen LogP contribution in [0.4, 0.5) is 4.39 Å². The summed E-state index contributed by atoms with van der Waals surface area (Å²) in [5, 5.41) is 3.53. The monoisotopic (exact) mass is 278 g/mol. The van der Waals surface area contributed by atoms with Gasteiger partial charge in [-0.3, -0.25) is 4.90 Å². The summed E-state index contributed by atoms with van der Waals surface area (Å²) in [4.78, 5) is 2.43. The maximum Gasteiger partial charge on any atom is 0.127 e. The molecule has 0 amide bonds. The Balaban J connectivity index is 1.96. The smallest absolute Gasteiger partial charge is 0.127 e. The minimum atomic E-state index is -0.0811. The number of likely N-dealkylation sites (tertiary alicyclic amines) is 1. The molecule has 0 spiro atoms. The molecule has 1 fully saturated rings. The van der Waals surface area contributed by atoms with Crippen molar-refractivity contribution in [3.63, 3.8) is 0 Å². The van der Waals surface area contributed by atoms with Crippen molar-refractivity contribution in [1.82, 2.24) is 10.2 Å². The van der Waals surface area contributed by atoms with Gasteiger partial charge in [0.2, 0.25) is 0 Å². The van der Waals surface area contributed by atoms with Crippen molar-refractivity contribution in [2.45, 2.75) is 45.7 Å². The van der Waals surface area contributed by atoms with Crippen LogP contribution in [0.2, 0.25) is 0 Å². The number of nitrogens with one attached hydrogen (secondary N) is 1. The average molecular weight is 278 g/mol. The number of hydrogen-bond acceptors (Lipinski definition) is 2. The van der Waals surface area contributed by atoms with Gasteiger partial charge in [-0.15, -0.1) is 0 Å². The van der Waals surface area contributed by atoms with Crippen LogP contribution < -0.4 is 5.32 Å². The molecule has 1 N–H and O–H groups in total. The van der Waals surface area contributed by atoms with Crippen molar-refractivity contribution in [2.75, 3.05) is 19.6 Å². The van der Waals surface area contributed by atoms with E-state index >= 15 is 0 Å². The van der Waals surface area contributed by atoms with E-state index in [9.17, 15) is 4.39 Å². The van der Waals surface area contributed by atoms with Gasteiger partial charge in [-0.1, -0.05) is 32.0 Å². The maximum atomic E-state index is 13.9. The fourth-order valence-electron chi connectivity index (χ4n) is 3.03. The van der Waals surface area contributed by atoms with E-state index in [0.29, 0.717) is 12.0 Å². The first-order valence-corrected chi connectivity index (χ1v) is 7.79. The molecule has 0 radical (unpaired) electrons. The number of halogens is 1. The van der Waals surface area contributed by atoms with Gasteiger partial charge in [0.15, 0.2) is 0 Å². The second-order valence-corrected chi connectivity index (χ2v) is 6.26. The van der Waals surface area contributed by atoms with Gasteiger partial charge >= 0.3 is 0 Å². The van der Waals surface area contributed by atoms with E-state index in [1.54, 1.807) is 12.1 Å². The number of hydrogen-bond donors (Lipinski definition) is 1. The van der Waals surface area contributed by atoms with Gasteiger partial charge in [-0.05, 0) is 44.8 Å². The third kappa shape index (κ3) is 4.03. The van der Waals surface area contributed by atoms with E-state index in [-0.39, 0.29) is 11.9 Å². The Morgan fingerprint density at radius 1 is 1.30 bits per heavy atom. The Kier molecular flexibility index (Phi) is 5.55. The molecule has 0 aromatic heterocycles. The van der Waals surface area contributed by atoms with E-state index in [1.807, 2.05) is 12.1 Å². The minimum Gasteiger partial charge on any atom is -0.314 e. The lowest BCUT2D eigenvalue weighted by atomic mass is 9.95. The fraction of sp³-hybridized carbons (Fsp3) is 0.647. The Morgan fingerprint density at radius 2 is 2.05 bits per heavy atom. The lowest BCUT2D eigenvalue weighted by Gasteiger charge is -2.37. The summed E-state index contributed by atoms with van der Waals surface area (Å²) in [5.41, 5.74) is 0.824. The average Bonchev–Trinajstić information content (AvgIpc) is 2.45. The number of benzene rings is 1. The zero-order valence-corrected chi connectivity index (χ0v) is 12.9. The molecule has 2 unspecified atom stereocenters. The first kappa shape index (κ1) is 15.5. The van der Waals surface area contributed by atoms with Gasteiger partial charge in [0, 0.05) is 24.2 Å². The molecule has 0 aliphatic carbocycles. The van der Waals surface area contributed by atoms with E-state index in [4.69, 9.17) is 0 Å². The summed E-state index contributed by atoms with van der Waals surface area (Å²) in [5.74, 6) is 0.600. The maximum absolute atomic E-state index is 13.9. The Bertz CT molecular complexity index is 419. The van der Waals surface area contributed by atoms with Crippen molar-refractivity contribution in [1.29, 1.82) is 0 Å². The van der Waals surface area contributed by atoms with Gasteiger partial charge in [-0.25, -0.2) is 4.39 Å². The van der Waals surface area contributed by atoms with E-state index in [1.165, 1.54) is 12.8 Å². The van der Waals surface area contributed by atoms with Crippen LogP contribution in [0.1, 0.15) is 45.2 Å². The molecule has 1 aromatic carbocycles. The Morgan fingerprint density at radius 3 is 2.75 bits per heavy atom. The van der Waals surface area contributed by atoms with Gasteiger partial charge in [0.25, 0.3) is 0 Å². The zero-order chi connectivity index (χ0) is 14.5. The molecular formula is C17H27FN2. The van der Waals surface area contributed by atoms with Gasteiger partial charge in [-0.2, -0.15) is 0 Å². The van der Waals surface area contributed by atoms with E-state index in [2.05, 4.69) is 31.0 Å². The molecule has 1 heterocycles. The first-order valence-electron chi connectivity index (χ1n) is 7.79. The molecule has 20 heavy (non-hydrogen) atoms. The van der Waals surface area contributed by atoms with Crippen molar-refractivity contribution >= 4 is 0 Å². The van der Waals surface area contributed by atoms with Crippen molar-refractivity contribution in [3.8, 4) is 0 Å². The van der Waals surface area contributed by atoms with Crippen LogP contribution >= 0.6 is 0 Å². The van der Waals surface area contributed by atoms with Crippen LogP contribution in [0.25, 0.3) is 0 Å². The molecule has 0 saturated carbocycles. The van der Waals surface area contributed by atoms with Gasteiger partial charge < -0.3 is 5.32 Å². The van der Waals surface area contributed by atoms with Crippen LogP contribution in [-0.4, -0.2) is 30.6 Å². The van der Waals surface area contributed by atoms with Crippen molar-refractivity contribution < 1.29 is 4.39 Å². The molecule has 3 heteroatoms. The Hall–Kier alpha value is -0.930. The van der Waals surface area contributed by atoms with E-state index in [0.717, 1.165) is 25.2 Å². The standard InChI is InChI=1S/C17H27FN2/c1-13(2)19-11-15-7-6-10-20(12-15)14(3)16-8-4-5-9-17(16)18/h4-5,8-9,13-15,19H,6-7,10-12H2,1-3H3. The van der Waals surface area contributed by atoms with Crippen LogP contribution in [0.5, 0.6) is 0 Å². The Labute approximate surface area is 122 Å². The molecular weight excluding hydrogens is 251 g/mol. The molecule has 1 saturated heterocycles. The largest absolute Gasteiger partial charge is 0.314 e. The normalized spacial score (nSPS) is 22.1. The van der Waals surface area contributed by atoms with Crippen LogP contribution in [0, 0.1) is 11.7 Å². The molecule has 2 atom stereocenters. The number of rotatable bonds is 5. The summed E-state index contributed by atoms with van der Waals surface area (Å²) in [6.07, 6.45) is 2.49. The predicted octanol–water partition coefficient (Wildman–Crippen LogP) is 3.60. The summed E-state index contributed by atoms with van der Waals surface area (Å²) in [6.45, 7) is 9.70. The number of nitrogens with zero attached hydrogens (tertiary/aromatic N) is 1. The predicted molar refractivity (Wildman–Crippen MR) is 82.3 cm³/mol. The molecule has 1 aliphatic heterocycles. The molecule has 112 valence electrons. The zero-order valence-electron chi connectivity index (χ0n) is 12.9. The fourth-order valence-corrected chi connectivity index (χ4v) is 3.03. The summed E-state index contributed by atoms with van der Waals surface area (Å²) in [7, 11) is 0. The highest BCUT2D eigenvalue weighted by Crippen LogP contribution is 2.27. The van der Waals surface area contributed by atoms with Crippen LogP contribution in [0.3, 0.4) is 0 Å². The highest BCUT2D eigenvalue weighted by molar-refractivity contribution is 5.20. The lowest BCUT2D eigenvalue weighted by molar-refractivity contribution is 0.127. The second-order valence-electron chi connectivity index (χ2n) is 6.26. The van der Waals surface area contributed by atoms with Crippen molar-refractivity contribution in [3.05, 3.63) is 35.6 Å². The SMILES string of the molecule is CC(C)NCC1CCCN(C(C)c2ccccc2F)C1. The lowest BCUT2D eigenvalue weighted by Crippen LogP contribution is -2.42. The summed E-state index contributed by atoms with van der Waals surface area (Å²) < 4.78 is 13.9. The molecule has 1 aliphatic rings. The van der Waals surface area contributed by atoms with Crippen LogP contribution in [0.15, 0.2) is 24.3 Å². The van der Waals surface area contributed by atoms with Crippen molar-refractivity contribution in [2.24, 2.45) is 5.92 Å². The molecule has 2 rings (SSSR count). The molecule has 1 aromatic rings. The highest BCUT2D eigenvalue weighted by atomic mass is 19.1. The molecule has 0 bridgehead atoms. The number of piperidine rings is 1. The van der Waals surface area contributed by atoms with Crippen LogP contribution in [-0.2, 0) is 0 Å². The third-order valence-corrected chi connectivity index (χ3v) is 4.27. The summed E-state index contributed by atoms with van der Waals surface area (Å²) in [6, 6.07) is 7.87. The van der Waals surface area contributed by atoms with E-state index < -0.39 is 0 Å². The quantitative estimate of drug-likeness (QED) is 0.885. The van der Waals surface area contributed by atoms with Gasteiger partial charge in [0.1, 0.15) is 5.82 Å². The second kappa shape index (κ2) is 7.19. The summed E-state index contributed by atoms with van der Waals surface area (Å²) >= 11 is 0.